The first-order chi connectivity index (χ1) is 22.9. The van der Waals surface area contributed by atoms with Crippen LogP contribution in [-0.4, -0.2) is 88.3 Å². The second kappa shape index (κ2) is 14.2. The molecule has 6 rings (SSSR count). The summed E-state index contributed by atoms with van der Waals surface area (Å²) >= 11 is 0. The fraction of sp³-hybridized carbons (Fsp3) is 0.361. The number of carbonyl (C=O) groups is 3. The molecule has 0 radical (unpaired) electrons. The topological polar surface area (TPSA) is 115 Å². The molecule has 0 bridgehead atoms. The monoisotopic (exact) mass is 639 g/mol. The number of hydrogen-bond donors (Lipinski definition) is 2. The van der Waals surface area contributed by atoms with Gasteiger partial charge in [0.15, 0.2) is 11.5 Å². The van der Waals surface area contributed by atoms with Crippen LogP contribution in [0.15, 0.2) is 85.5 Å². The van der Waals surface area contributed by atoms with E-state index in [1.165, 1.54) is 0 Å². The number of urea groups is 1. The number of phenols is 1. The molecule has 2 aliphatic heterocycles. The number of aromatic hydroxyl groups is 1. The van der Waals surface area contributed by atoms with E-state index >= 15 is 0 Å². The van der Waals surface area contributed by atoms with Gasteiger partial charge in [0, 0.05) is 31.6 Å². The van der Waals surface area contributed by atoms with Crippen LogP contribution in [0.1, 0.15) is 29.5 Å². The quantitative estimate of drug-likeness (QED) is 0.289. The molecule has 4 amide bonds. The number of hydrogen-bond acceptors (Lipinski definition) is 7. The summed E-state index contributed by atoms with van der Waals surface area (Å²) in [6, 6.07) is 20.5. The van der Waals surface area contributed by atoms with Gasteiger partial charge in [-0.25, -0.2) is 14.8 Å². The van der Waals surface area contributed by atoms with Crippen molar-refractivity contribution in [1.82, 2.24) is 25.1 Å². The Bertz CT molecular complexity index is 1600. The predicted octanol–water partition coefficient (Wildman–Crippen LogP) is 3.93. The number of ether oxygens (including phenoxy) is 2. The Morgan fingerprint density at radius 1 is 1.02 bits per heavy atom. The van der Waals surface area contributed by atoms with Crippen molar-refractivity contribution in [3.8, 4) is 17.2 Å². The normalized spacial score (nSPS) is 19.7. The van der Waals surface area contributed by atoms with Crippen LogP contribution < -0.4 is 14.8 Å². The predicted molar refractivity (Wildman–Crippen MR) is 175 cm³/mol. The number of nitrogens with one attached hydrogen (secondary N) is 1. The number of amides is 4. The maximum atomic E-state index is 14.4. The number of hydrazine groups is 1. The third-order valence-corrected chi connectivity index (χ3v) is 8.83. The van der Waals surface area contributed by atoms with E-state index in [-0.39, 0.29) is 56.2 Å². The largest absolute Gasteiger partial charge is 0.508 e. The molecule has 11 heteroatoms. The van der Waals surface area contributed by atoms with Crippen molar-refractivity contribution in [2.24, 2.45) is 5.92 Å². The molecule has 47 heavy (non-hydrogen) atoms. The fourth-order valence-corrected chi connectivity index (χ4v) is 6.26. The average Bonchev–Trinajstić information content (AvgIpc) is 3.91. The van der Waals surface area contributed by atoms with Crippen LogP contribution in [0.5, 0.6) is 17.2 Å². The number of rotatable bonds is 12. The van der Waals surface area contributed by atoms with Crippen molar-refractivity contribution in [1.29, 1.82) is 0 Å². The number of phenolic OH excluding ortho intramolecular Hbond substituents is 1. The van der Waals surface area contributed by atoms with Crippen molar-refractivity contribution < 1.29 is 29.0 Å². The van der Waals surface area contributed by atoms with Gasteiger partial charge in [0.05, 0.1) is 26.8 Å². The lowest BCUT2D eigenvalue weighted by molar-refractivity contribution is -0.189. The van der Waals surface area contributed by atoms with Crippen molar-refractivity contribution in [3.05, 3.63) is 102 Å². The molecule has 11 nitrogen and oxygen atoms in total. The van der Waals surface area contributed by atoms with Crippen molar-refractivity contribution in [2.45, 2.75) is 44.6 Å². The summed E-state index contributed by atoms with van der Waals surface area (Å²) in [7, 11) is 1.59. The second-order valence-corrected chi connectivity index (χ2v) is 12.2. The summed E-state index contributed by atoms with van der Waals surface area (Å²) < 4.78 is 11.9. The lowest BCUT2D eigenvalue weighted by atomic mass is 9.98. The SMILES string of the molecule is C=CCN1CC(=O)N2C(Cc3ccc(O)cc3)C(=O)N(Cc3cccc(OC)c3OCC3CC3)CC2N1C(=O)NCc1ccccc1. The Kier molecular flexibility index (Phi) is 9.63. The van der Waals surface area contributed by atoms with Gasteiger partial charge in [-0.15, -0.1) is 6.58 Å². The number of fused-ring (bicyclic) bond motifs is 1. The van der Waals surface area contributed by atoms with Crippen LogP contribution in [0.3, 0.4) is 0 Å². The highest BCUT2D eigenvalue weighted by atomic mass is 16.5. The third kappa shape index (κ3) is 7.20. The minimum Gasteiger partial charge on any atom is -0.508 e. The van der Waals surface area contributed by atoms with E-state index < -0.39 is 12.2 Å². The number of benzene rings is 3. The lowest BCUT2D eigenvalue weighted by Gasteiger charge is -2.55. The molecule has 2 N–H and O–H groups in total. The minimum absolute atomic E-state index is 0.0856. The molecule has 246 valence electrons. The molecule has 1 aliphatic carbocycles. The van der Waals surface area contributed by atoms with E-state index in [4.69, 9.17) is 9.47 Å². The first-order valence-electron chi connectivity index (χ1n) is 16.0. The lowest BCUT2D eigenvalue weighted by Crippen LogP contribution is -2.76. The molecule has 3 aromatic carbocycles. The summed E-state index contributed by atoms with van der Waals surface area (Å²) in [6.45, 7) is 5.18. The summed E-state index contributed by atoms with van der Waals surface area (Å²) in [5, 5.41) is 16.1. The third-order valence-electron chi connectivity index (χ3n) is 8.83. The highest BCUT2D eigenvalue weighted by Crippen LogP contribution is 2.37. The Morgan fingerprint density at radius 2 is 1.79 bits per heavy atom. The van der Waals surface area contributed by atoms with Crippen molar-refractivity contribution in [3.63, 3.8) is 0 Å². The first kappa shape index (κ1) is 31.9. The average molecular weight is 640 g/mol. The zero-order valence-corrected chi connectivity index (χ0v) is 26.6. The molecule has 2 unspecified atom stereocenters. The minimum atomic E-state index is -0.887. The molecular weight excluding hydrogens is 598 g/mol. The fourth-order valence-electron chi connectivity index (χ4n) is 6.26. The van der Waals surface area contributed by atoms with Gasteiger partial charge in [-0.3, -0.25) is 9.59 Å². The van der Waals surface area contributed by atoms with E-state index in [1.54, 1.807) is 57.3 Å². The van der Waals surface area contributed by atoms with Gasteiger partial charge >= 0.3 is 6.03 Å². The summed E-state index contributed by atoms with van der Waals surface area (Å²) in [5.74, 6) is 1.31. The van der Waals surface area contributed by atoms with Gasteiger partial charge in [-0.1, -0.05) is 60.7 Å². The Labute approximate surface area is 274 Å². The Hall–Kier alpha value is -5.03. The van der Waals surface area contributed by atoms with Gasteiger partial charge in [-0.2, -0.15) is 0 Å². The van der Waals surface area contributed by atoms with Gasteiger partial charge in [0.1, 0.15) is 18.0 Å². The number of para-hydroxylation sites is 1. The molecule has 2 saturated heterocycles. The first-order valence-corrected chi connectivity index (χ1v) is 16.0. The van der Waals surface area contributed by atoms with Crippen molar-refractivity contribution in [2.75, 3.05) is 33.4 Å². The van der Waals surface area contributed by atoms with Crippen LogP contribution >= 0.6 is 0 Å². The van der Waals surface area contributed by atoms with E-state index in [9.17, 15) is 19.5 Å². The van der Waals surface area contributed by atoms with E-state index in [1.807, 2.05) is 48.5 Å². The molecule has 3 aliphatic rings. The standard InChI is InChI=1S/C36H41N5O6/c1-3-18-39-23-33(43)40-30(19-25-14-16-29(42)17-15-25)35(44)38(21-28-10-7-11-31(46-2)34(28)47-24-27-12-13-27)22-32(40)41(39)36(45)37-20-26-8-5-4-6-9-26/h3-11,14-17,27,30,32,42H,1,12-13,18-24H2,2H3,(H,37,45). The summed E-state index contributed by atoms with van der Waals surface area (Å²) in [4.78, 5) is 45.5. The smallest absolute Gasteiger partial charge is 0.334 e. The molecule has 2 atom stereocenters. The molecule has 3 aromatic rings. The molecule has 3 fully saturated rings. The number of methoxy groups -OCH3 is 1. The zero-order valence-electron chi connectivity index (χ0n) is 26.6. The van der Waals surface area contributed by atoms with Crippen molar-refractivity contribution >= 4 is 17.8 Å². The van der Waals surface area contributed by atoms with Crippen LogP contribution in [0.2, 0.25) is 0 Å². The maximum Gasteiger partial charge on any atom is 0.334 e. The number of nitrogens with zero attached hydrogens (tertiary/aromatic N) is 4. The molecule has 0 aromatic heterocycles. The van der Waals surface area contributed by atoms with Gasteiger partial charge in [0.2, 0.25) is 11.8 Å². The highest BCUT2D eigenvalue weighted by molar-refractivity contribution is 5.91. The van der Waals surface area contributed by atoms with E-state index in [0.29, 0.717) is 30.6 Å². The highest BCUT2D eigenvalue weighted by Gasteiger charge is 2.51. The van der Waals surface area contributed by atoms with E-state index in [2.05, 4.69) is 11.9 Å². The van der Waals surface area contributed by atoms with E-state index in [0.717, 1.165) is 29.5 Å². The van der Waals surface area contributed by atoms with Gasteiger partial charge in [0.25, 0.3) is 0 Å². The Morgan fingerprint density at radius 3 is 2.49 bits per heavy atom. The van der Waals surface area contributed by atoms with Gasteiger partial charge in [-0.05, 0) is 48.1 Å². The van der Waals surface area contributed by atoms with Gasteiger partial charge < -0.3 is 29.7 Å². The Balaban J connectivity index is 1.35. The maximum absolute atomic E-state index is 14.4. The van der Waals surface area contributed by atoms with Crippen LogP contribution in [0, 0.1) is 5.92 Å². The van der Waals surface area contributed by atoms with Crippen LogP contribution in [-0.2, 0) is 29.1 Å². The number of piperazine rings is 1. The molecule has 1 saturated carbocycles. The summed E-state index contributed by atoms with van der Waals surface area (Å²) in [6.07, 6.45) is 3.33. The zero-order chi connectivity index (χ0) is 32.9. The molecule has 0 spiro atoms. The van der Waals surface area contributed by atoms with Crippen LogP contribution in [0.25, 0.3) is 0 Å². The number of carbonyl (C=O) groups excluding carboxylic acids is 3. The molecule has 2 heterocycles. The van der Waals surface area contributed by atoms with Crippen LogP contribution in [0.4, 0.5) is 4.79 Å². The molecular formula is C36H41N5O6. The second-order valence-electron chi connectivity index (χ2n) is 12.2. The summed E-state index contributed by atoms with van der Waals surface area (Å²) in [5.41, 5.74) is 2.49.